The molecule has 6 N–H and O–H groups in total. The van der Waals surface area contributed by atoms with Crippen LogP contribution in [0.1, 0.15) is 13.8 Å². The van der Waals surface area contributed by atoms with Crippen LogP contribution in [0.5, 0.6) is 0 Å². The Labute approximate surface area is 67.4 Å². The molecule has 0 saturated heterocycles. The van der Waals surface area contributed by atoms with E-state index >= 15 is 0 Å². The third-order valence-electron chi connectivity index (χ3n) is 0.988. The fourth-order valence-corrected chi connectivity index (χ4v) is 0.142. The number of amides is 1. The van der Waals surface area contributed by atoms with Gasteiger partial charge in [-0.3, -0.25) is 4.79 Å². The van der Waals surface area contributed by atoms with Crippen LogP contribution >= 0.6 is 0 Å². The van der Waals surface area contributed by atoms with Gasteiger partial charge in [0.1, 0.15) is 0 Å². The lowest BCUT2D eigenvalue weighted by Crippen LogP contribution is -2.11. The fourth-order valence-electron chi connectivity index (χ4n) is 0.142. The molecule has 0 radical (unpaired) electrons. The molecule has 0 aliphatic heterocycles. The second-order valence-corrected chi connectivity index (χ2v) is 1.91. The van der Waals surface area contributed by atoms with E-state index in [2.05, 4.69) is 0 Å². The number of hydrogen-bond donors (Lipinski definition) is 3. The van der Waals surface area contributed by atoms with E-state index in [0.29, 0.717) is 18.7 Å². The lowest BCUT2D eigenvalue weighted by atomic mass is 10.3. The van der Waals surface area contributed by atoms with Crippen molar-refractivity contribution in [2.45, 2.75) is 13.8 Å². The monoisotopic (exact) mass is 159 g/mol. The highest BCUT2D eigenvalue weighted by atomic mass is 16.1. The molecule has 0 bridgehead atoms. The summed E-state index contributed by atoms with van der Waals surface area (Å²) in [5, 5.41) is 0. The number of primary amides is 1. The predicted molar refractivity (Wildman–Crippen MR) is 46.7 cm³/mol. The zero-order valence-corrected chi connectivity index (χ0v) is 7.13. The molecular weight excluding hydrogens is 142 g/mol. The average molecular weight is 159 g/mol. The van der Waals surface area contributed by atoms with Gasteiger partial charge in [0, 0.05) is 18.7 Å². The Morgan fingerprint density at radius 3 is 1.73 bits per heavy atom. The third kappa shape index (κ3) is 12.4. The summed E-state index contributed by atoms with van der Waals surface area (Å²) in [4.78, 5) is 10.1. The molecule has 1 amide bonds. The van der Waals surface area contributed by atoms with Gasteiger partial charge >= 0.3 is 0 Å². The highest BCUT2D eigenvalue weighted by Crippen LogP contribution is 1.85. The molecule has 0 aromatic heterocycles. The van der Waals surface area contributed by atoms with E-state index in [9.17, 15) is 4.79 Å². The first kappa shape index (κ1) is 12.8. The maximum Gasteiger partial charge on any atom is 0.243 e. The molecule has 0 aromatic carbocycles. The highest BCUT2D eigenvalue weighted by Gasteiger charge is 1.90. The van der Waals surface area contributed by atoms with Crippen LogP contribution in [0.15, 0.2) is 11.6 Å². The fraction of sp³-hybridized carbons (Fsp3) is 0.571. The van der Waals surface area contributed by atoms with Gasteiger partial charge in [0.05, 0.1) is 0 Å². The Bertz CT molecular complexity index is 130. The summed E-state index contributed by atoms with van der Waals surface area (Å²) in [5.41, 5.74) is 15.3. The minimum Gasteiger partial charge on any atom is -0.366 e. The summed E-state index contributed by atoms with van der Waals surface area (Å²) in [5.74, 6) is -0.345. The average Bonchev–Trinajstić information content (AvgIpc) is 2.03. The normalized spacial score (nSPS) is 10.0. The van der Waals surface area contributed by atoms with Gasteiger partial charge in [-0.25, -0.2) is 0 Å². The molecule has 0 saturated carbocycles. The quantitative estimate of drug-likeness (QED) is 0.467. The summed E-state index contributed by atoms with van der Waals surface area (Å²) in [7, 11) is 0. The van der Waals surface area contributed by atoms with Crippen molar-refractivity contribution in [3.8, 4) is 0 Å². The number of carbonyl (C=O) groups is 1. The molecule has 0 unspecified atom stereocenters. The van der Waals surface area contributed by atoms with E-state index < -0.39 is 0 Å². The highest BCUT2D eigenvalue weighted by molar-refractivity contribution is 5.91. The first-order chi connectivity index (χ1) is 5.09. The topological polar surface area (TPSA) is 95.1 Å². The van der Waals surface area contributed by atoms with Crippen molar-refractivity contribution in [2.24, 2.45) is 17.2 Å². The zero-order valence-electron chi connectivity index (χ0n) is 7.13. The standard InChI is InChI=1S/C5H9NO.C2H8N2/c1-3-4(2)5(6)7;3-1-2-4/h3H,1-2H3,(H2,6,7);1-4H2/b4-3+;. The van der Waals surface area contributed by atoms with E-state index in [4.69, 9.17) is 17.2 Å². The van der Waals surface area contributed by atoms with Crippen LogP contribution in [-0.2, 0) is 4.79 Å². The molecule has 11 heavy (non-hydrogen) atoms. The lowest BCUT2D eigenvalue weighted by Gasteiger charge is -1.85. The summed E-state index contributed by atoms with van der Waals surface area (Å²) in [6.07, 6.45) is 1.68. The van der Waals surface area contributed by atoms with Crippen LogP contribution < -0.4 is 17.2 Å². The van der Waals surface area contributed by atoms with Gasteiger partial charge in [0.25, 0.3) is 0 Å². The Hall–Kier alpha value is -0.870. The molecule has 4 nitrogen and oxygen atoms in total. The molecule has 66 valence electrons. The van der Waals surface area contributed by atoms with Crippen LogP contribution in [-0.4, -0.2) is 19.0 Å². The molecule has 0 spiro atoms. The van der Waals surface area contributed by atoms with Gasteiger partial charge in [-0.15, -0.1) is 0 Å². The SMILES string of the molecule is C/C=C(\C)C(N)=O.NCCN. The van der Waals surface area contributed by atoms with Crippen molar-refractivity contribution in [3.05, 3.63) is 11.6 Å². The van der Waals surface area contributed by atoms with Crippen molar-refractivity contribution in [3.63, 3.8) is 0 Å². The Morgan fingerprint density at radius 1 is 1.36 bits per heavy atom. The number of rotatable bonds is 2. The van der Waals surface area contributed by atoms with Gasteiger partial charge in [-0.1, -0.05) is 6.08 Å². The molecular formula is C7H17N3O. The van der Waals surface area contributed by atoms with Crippen LogP contribution in [0, 0.1) is 0 Å². The molecule has 0 atom stereocenters. The minimum atomic E-state index is -0.345. The molecule has 4 heteroatoms. The van der Waals surface area contributed by atoms with Crippen LogP contribution in [0.25, 0.3) is 0 Å². The zero-order chi connectivity index (χ0) is 9.28. The summed E-state index contributed by atoms with van der Waals surface area (Å²) in [6, 6.07) is 0. The smallest absolute Gasteiger partial charge is 0.243 e. The van der Waals surface area contributed by atoms with Crippen LogP contribution in [0.2, 0.25) is 0 Å². The summed E-state index contributed by atoms with van der Waals surface area (Å²) in [6.45, 7) is 4.66. The van der Waals surface area contributed by atoms with Crippen molar-refractivity contribution in [1.29, 1.82) is 0 Å². The van der Waals surface area contributed by atoms with E-state index in [1.54, 1.807) is 19.9 Å². The van der Waals surface area contributed by atoms with Crippen molar-refractivity contribution >= 4 is 5.91 Å². The summed E-state index contributed by atoms with van der Waals surface area (Å²) < 4.78 is 0. The van der Waals surface area contributed by atoms with Crippen LogP contribution in [0.4, 0.5) is 0 Å². The number of nitrogens with two attached hydrogens (primary N) is 3. The lowest BCUT2D eigenvalue weighted by molar-refractivity contribution is -0.114. The molecule has 0 rings (SSSR count). The number of carbonyl (C=O) groups excluding carboxylic acids is 1. The maximum absolute atomic E-state index is 10.1. The van der Waals surface area contributed by atoms with Gasteiger partial charge in [-0.2, -0.15) is 0 Å². The van der Waals surface area contributed by atoms with Crippen molar-refractivity contribution < 1.29 is 4.79 Å². The van der Waals surface area contributed by atoms with E-state index in [1.807, 2.05) is 0 Å². The Balaban J connectivity index is 0. The van der Waals surface area contributed by atoms with Crippen LogP contribution in [0.3, 0.4) is 0 Å². The summed E-state index contributed by atoms with van der Waals surface area (Å²) >= 11 is 0. The largest absolute Gasteiger partial charge is 0.366 e. The van der Waals surface area contributed by atoms with E-state index in [0.717, 1.165) is 0 Å². The predicted octanol–water partition coefficient (Wildman–Crippen LogP) is -0.658. The Morgan fingerprint density at radius 2 is 1.73 bits per heavy atom. The van der Waals surface area contributed by atoms with E-state index in [1.165, 1.54) is 0 Å². The first-order valence-corrected chi connectivity index (χ1v) is 3.43. The Kier molecular flexibility index (Phi) is 10.6. The van der Waals surface area contributed by atoms with Crippen molar-refractivity contribution in [1.82, 2.24) is 0 Å². The van der Waals surface area contributed by atoms with Gasteiger partial charge < -0.3 is 17.2 Å². The number of hydrogen-bond acceptors (Lipinski definition) is 3. The third-order valence-corrected chi connectivity index (χ3v) is 0.988. The van der Waals surface area contributed by atoms with Gasteiger partial charge in [-0.05, 0) is 13.8 Å². The molecule has 0 aliphatic carbocycles. The van der Waals surface area contributed by atoms with Gasteiger partial charge in [0.15, 0.2) is 0 Å². The molecule has 0 heterocycles. The van der Waals surface area contributed by atoms with Gasteiger partial charge in [0.2, 0.25) is 5.91 Å². The second-order valence-electron chi connectivity index (χ2n) is 1.91. The van der Waals surface area contributed by atoms with Crippen molar-refractivity contribution in [2.75, 3.05) is 13.1 Å². The van der Waals surface area contributed by atoms with E-state index in [-0.39, 0.29) is 5.91 Å². The molecule has 0 fully saturated rings. The second kappa shape index (κ2) is 9.13. The number of allylic oxidation sites excluding steroid dienone is 1. The molecule has 0 aromatic rings. The minimum absolute atomic E-state index is 0.345. The molecule has 0 aliphatic rings. The maximum atomic E-state index is 10.1. The first-order valence-electron chi connectivity index (χ1n) is 3.43.